The van der Waals surface area contributed by atoms with Gasteiger partial charge in [0.1, 0.15) is 11.9 Å². The van der Waals surface area contributed by atoms with Crippen molar-refractivity contribution in [2.75, 3.05) is 0 Å². The molecule has 0 aromatic carbocycles. The Morgan fingerprint density at radius 3 is 2.73 bits per heavy atom. The first-order chi connectivity index (χ1) is 7.18. The Morgan fingerprint density at radius 1 is 1.47 bits per heavy atom. The number of carboxylic acid groups (broad SMARTS) is 1. The predicted octanol–water partition coefficient (Wildman–Crippen LogP) is 2.03. The molecule has 0 spiro atoms. The van der Waals surface area contributed by atoms with Gasteiger partial charge in [-0.15, -0.1) is 0 Å². The van der Waals surface area contributed by atoms with Gasteiger partial charge in [0.2, 0.25) is 0 Å². The molecular weight excluding hydrogens is 199 g/mol. The van der Waals surface area contributed by atoms with Crippen LogP contribution in [-0.2, 0) is 0 Å². The van der Waals surface area contributed by atoms with Crippen molar-refractivity contribution >= 4 is 5.97 Å². The molecule has 0 bridgehead atoms. The van der Waals surface area contributed by atoms with Crippen LogP contribution in [0.4, 0.5) is 4.39 Å². The van der Waals surface area contributed by atoms with Gasteiger partial charge in [0.15, 0.2) is 0 Å². The van der Waals surface area contributed by atoms with Gasteiger partial charge in [-0.3, -0.25) is 4.68 Å². The Kier molecular flexibility index (Phi) is 2.70. The van der Waals surface area contributed by atoms with Gasteiger partial charge in [0, 0.05) is 6.20 Å². The summed E-state index contributed by atoms with van der Waals surface area (Å²) in [4.78, 5) is 10.9. The largest absolute Gasteiger partial charge is 0.477 e. The molecule has 1 fully saturated rings. The number of hydrogen-bond acceptors (Lipinski definition) is 2. The molecule has 15 heavy (non-hydrogen) atoms. The highest BCUT2D eigenvalue weighted by molar-refractivity contribution is 5.85. The first-order valence-electron chi connectivity index (χ1n) is 5.09. The van der Waals surface area contributed by atoms with Crippen molar-refractivity contribution in [3.05, 3.63) is 18.0 Å². The van der Waals surface area contributed by atoms with E-state index in [4.69, 9.17) is 5.11 Å². The smallest absolute Gasteiger partial charge is 0.354 e. The summed E-state index contributed by atoms with van der Waals surface area (Å²) in [6.07, 6.45) is 3.09. The summed E-state index contributed by atoms with van der Waals surface area (Å²) in [6, 6.07) is 1.52. The number of nitrogens with zero attached hydrogens (tertiary/aromatic N) is 2. The van der Waals surface area contributed by atoms with E-state index in [1.165, 1.54) is 16.9 Å². The number of halogens is 1. The summed E-state index contributed by atoms with van der Waals surface area (Å²) in [5.41, 5.74) is 0.192. The fraction of sp³-hybridized carbons (Fsp3) is 0.600. The number of aromatic nitrogens is 2. The quantitative estimate of drug-likeness (QED) is 0.816. The Labute approximate surface area is 86.7 Å². The van der Waals surface area contributed by atoms with E-state index in [2.05, 4.69) is 5.10 Å². The second kappa shape index (κ2) is 4.00. The minimum absolute atomic E-state index is 0.0399. The van der Waals surface area contributed by atoms with Gasteiger partial charge < -0.3 is 5.11 Å². The molecule has 4 nitrogen and oxygen atoms in total. The van der Waals surface area contributed by atoms with Crippen molar-refractivity contribution in [2.24, 2.45) is 0 Å². The van der Waals surface area contributed by atoms with E-state index >= 15 is 0 Å². The van der Waals surface area contributed by atoms with Gasteiger partial charge in [-0.25, -0.2) is 9.18 Å². The molecule has 1 heterocycles. The van der Waals surface area contributed by atoms with Crippen molar-refractivity contribution in [3.63, 3.8) is 0 Å². The highest BCUT2D eigenvalue weighted by Gasteiger charge is 2.25. The minimum Gasteiger partial charge on any atom is -0.477 e. The van der Waals surface area contributed by atoms with Crippen LogP contribution in [0.5, 0.6) is 0 Å². The summed E-state index contributed by atoms with van der Waals surface area (Å²) in [5.74, 6) is -0.977. The van der Waals surface area contributed by atoms with Gasteiger partial charge in [0.25, 0.3) is 0 Å². The normalized spacial score (nSPS) is 26.5. The molecule has 0 unspecified atom stereocenters. The molecule has 0 radical (unpaired) electrons. The zero-order chi connectivity index (χ0) is 10.8. The summed E-state index contributed by atoms with van der Waals surface area (Å²) in [6.45, 7) is 0. The molecule has 0 saturated heterocycles. The molecule has 1 aliphatic rings. The summed E-state index contributed by atoms with van der Waals surface area (Å²) < 4.78 is 14.4. The van der Waals surface area contributed by atoms with Gasteiger partial charge in [-0.05, 0) is 31.7 Å². The van der Waals surface area contributed by atoms with Crippen LogP contribution in [0.15, 0.2) is 12.3 Å². The van der Waals surface area contributed by atoms with E-state index in [-0.39, 0.29) is 11.7 Å². The van der Waals surface area contributed by atoms with Crippen LogP contribution in [0.1, 0.15) is 42.2 Å². The number of aromatic carboxylic acids is 1. The first-order valence-corrected chi connectivity index (χ1v) is 5.09. The number of alkyl halides is 1. The highest BCUT2D eigenvalue weighted by Crippen LogP contribution is 2.30. The lowest BCUT2D eigenvalue weighted by atomic mass is 9.94. The standard InChI is InChI=1S/C10H13FN2O2/c11-7-1-3-8(4-2-7)13-9(10(14)15)5-6-12-13/h5-8H,1-4H2,(H,14,15). The number of hydrogen-bond donors (Lipinski definition) is 1. The van der Waals surface area contributed by atoms with Crippen LogP contribution in [0.2, 0.25) is 0 Å². The lowest BCUT2D eigenvalue weighted by Crippen LogP contribution is -2.22. The Balaban J connectivity index is 2.15. The second-order valence-corrected chi connectivity index (χ2v) is 3.87. The van der Waals surface area contributed by atoms with Crippen LogP contribution in [0.3, 0.4) is 0 Å². The minimum atomic E-state index is -0.977. The van der Waals surface area contributed by atoms with E-state index in [0.717, 1.165) is 0 Å². The molecule has 1 aromatic rings. The predicted molar refractivity (Wildman–Crippen MR) is 51.6 cm³/mol. The third kappa shape index (κ3) is 2.00. The summed E-state index contributed by atoms with van der Waals surface area (Å²) >= 11 is 0. The number of rotatable bonds is 2. The van der Waals surface area contributed by atoms with E-state index in [0.29, 0.717) is 25.7 Å². The Morgan fingerprint density at radius 2 is 2.13 bits per heavy atom. The first kappa shape index (κ1) is 10.1. The SMILES string of the molecule is O=C(O)c1ccnn1C1CCC(F)CC1. The number of carboxylic acids is 1. The Hall–Kier alpha value is -1.39. The molecule has 0 atom stereocenters. The van der Waals surface area contributed by atoms with Gasteiger partial charge in [-0.1, -0.05) is 0 Å². The lowest BCUT2D eigenvalue weighted by molar-refractivity contribution is 0.0676. The Bertz CT molecular complexity index is 356. The van der Waals surface area contributed by atoms with Crippen molar-refractivity contribution < 1.29 is 14.3 Å². The van der Waals surface area contributed by atoms with Crippen LogP contribution in [0.25, 0.3) is 0 Å². The van der Waals surface area contributed by atoms with Crippen molar-refractivity contribution in [2.45, 2.75) is 37.9 Å². The molecule has 0 aliphatic heterocycles. The summed E-state index contributed by atoms with van der Waals surface area (Å²) in [5, 5.41) is 12.9. The zero-order valence-corrected chi connectivity index (χ0v) is 8.27. The topological polar surface area (TPSA) is 55.1 Å². The van der Waals surface area contributed by atoms with Crippen molar-refractivity contribution in [1.29, 1.82) is 0 Å². The molecule has 0 amide bonds. The molecule has 1 aliphatic carbocycles. The van der Waals surface area contributed by atoms with E-state index in [1.54, 1.807) is 0 Å². The third-order valence-electron chi connectivity index (χ3n) is 2.86. The van der Waals surface area contributed by atoms with Crippen molar-refractivity contribution in [3.8, 4) is 0 Å². The molecule has 1 N–H and O–H groups in total. The van der Waals surface area contributed by atoms with Crippen LogP contribution < -0.4 is 0 Å². The molecule has 5 heteroatoms. The molecule has 1 aromatic heterocycles. The van der Waals surface area contributed by atoms with Crippen LogP contribution in [0, 0.1) is 0 Å². The molecule has 82 valence electrons. The summed E-state index contributed by atoms with van der Waals surface area (Å²) in [7, 11) is 0. The van der Waals surface area contributed by atoms with Crippen LogP contribution in [-0.4, -0.2) is 27.0 Å². The van der Waals surface area contributed by atoms with E-state index in [1.807, 2.05) is 0 Å². The maximum Gasteiger partial charge on any atom is 0.354 e. The average Bonchev–Trinajstić information content (AvgIpc) is 2.67. The lowest BCUT2D eigenvalue weighted by Gasteiger charge is -2.25. The van der Waals surface area contributed by atoms with E-state index in [9.17, 15) is 9.18 Å². The maximum absolute atomic E-state index is 12.9. The van der Waals surface area contributed by atoms with Crippen LogP contribution >= 0.6 is 0 Å². The monoisotopic (exact) mass is 212 g/mol. The van der Waals surface area contributed by atoms with Gasteiger partial charge >= 0.3 is 5.97 Å². The van der Waals surface area contributed by atoms with Crippen molar-refractivity contribution in [1.82, 2.24) is 9.78 Å². The fourth-order valence-corrected chi connectivity index (χ4v) is 2.05. The number of carbonyl (C=O) groups is 1. The van der Waals surface area contributed by atoms with E-state index < -0.39 is 12.1 Å². The maximum atomic E-state index is 12.9. The molecular formula is C10H13FN2O2. The third-order valence-corrected chi connectivity index (χ3v) is 2.86. The van der Waals surface area contributed by atoms with Gasteiger partial charge in [-0.2, -0.15) is 5.10 Å². The van der Waals surface area contributed by atoms with Gasteiger partial charge in [0.05, 0.1) is 6.04 Å². The fourth-order valence-electron chi connectivity index (χ4n) is 2.05. The molecule has 1 saturated carbocycles. The highest BCUT2D eigenvalue weighted by atomic mass is 19.1. The second-order valence-electron chi connectivity index (χ2n) is 3.87. The molecule has 2 rings (SSSR count). The zero-order valence-electron chi connectivity index (χ0n) is 8.27. The average molecular weight is 212 g/mol.